The molecule has 1 heterocycles. The first-order chi connectivity index (χ1) is 16.9. The highest BCUT2D eigenvalue weighted by atomic mass is 79.9. The summed E-state index contributed by atoms with van der Waals surface area (Å²) in [7, 11) is 3.60. The molecule has 3 aliphatic rings. The molecule has 0 radical (unpaired) electrons. The van der Waals surface area contributed by atoms with Crippen molar-refractivity contribution < 1.29 is 19.1 Å². The van der Waals surface area contributed by atoms with Gasteiger partial charge in [-0.3, -0.25) is 9.59 Å². The van der Waals surface area contributed by atoms with Gasteiger partial charge in [-0.1, -0.05) is 23.7 Å². The van der Waals surface area contributed by atoms with Crippen LogP contribution in [0.15, 0.2) is 63.4 Å². The van der Waals surface area contributed by atoms with Crippen LogP contribution in [-0.2, 0) is 16.2 Å². The van der Waals surface area contributed by atoms with Gasteiger partial charge >= 0.3 is 0 Å². The molecular formula is C28H27BrClNO4. The lowest BCUT2D eigenvalue weighted by molar-refractivity contribution is -0.117. The zero-order chi connectivity index (χ0) is 24.7. The van der Waals surface area contributed by atoms with E-state index in [2.05, 4.69) is 20.8 Å². The number of allylic oxidation sites excluding steroid dienone is 4. The van der Waals surface area contributed by atoms with Crippen LogP contribution in [0.5, 0.6) is 11.5 Å². The third kappa shape index (κ3) is 4.43. The normalized spacial score (nSPS) is 18.6. The average molecular weight is 557 g/mol. The SMILES string of the molecule is COc1cc(C2C3=C(CCCC3=O)N(C)C3=C2C(=O)CCC3)cc(Br)c1OCc1ccc(Cl)cc1. The minimum Gasteiger partial charge on any atom is -0.493 e. The molecule has 2 aliphatic carbocycles. The summed E-state index contributed by atoms with van der Waals surface area (Å²) in [5.74, 6) is 1.01. The number of ketones is 2. The second kappa shape index (κ2) is 9.82. The number of carbonyl (C=O) groups is 2. The van der Waals surface area contributed by atoms with Crippen LogP contribution in [0.2, 0.25) is 5.02 Å². The van der Waals surface area contributed by atoms with Gasteiger partial charge in [-0.15, -0.1) is 0 Å². The molecule has 0 bridgehead atoms. The molecule has 0 aromatic heterocycles. The molecule has 2 aromatic rings. The molecule has 0 fully saturated rings. The quantitative estimate of drug-likeness (QED) is 0.409. The van der Waals surface area contributed by atoms with Crippen LogP contribution in [-0.4, -0.2) is 30.6 Å². The van der Waals surface area contributed by atoms with Crippen molar-refractivity contribution in [2.24, 2.45) is 0 Å². The van der Waals surface area contributed by atoms with E-state index in [-0.39, 0.29) is 17.5 Å². The Morgan fingerprint density at radius 2 is 1.57 bits per heavy atom. The third-order valence-electron chi connectivity index (χ3n) is 7.13. The predicted octanol–water partition coefficient (Wildman–Crippen LogP) is 6.73. The Kier molecular flexibility index (Phi) is 6.78. The predicted molar refractivity (Wildman–Crippen MR) is 139 cm³/mol. The number of ether oxygens (including phenoxy) is 2. The zero-order valence-corrected chi connectivity index (χ0v) is 22.2. The zero-order valence-electron chi connectivity index (χ0n) is 19.8. The van der Waals surface area contributed by atoms with E-state index in [0.29, 0.717) is 36.0 Å². The number of halogens is 2. The molecule has 35 heavy (non-hydrogen) atoms. The van der Waals surface area contributed by atoms with Crippen LogP contribution < -0.4 is 9.47 Å². The van der Waals surface area contributed by atoms with Gasteiger partial charge in [0.05, 0.1) is 11.6 Å². The number of hydrogen-bond donors (Lipinski definition) is 0. The highest BCUT2D eigenvalue weighted by molar-refractivity contribution is 9.10. The second-order valence-corrected chi connectivity index (χ2v) is 10.5. The summed E-state index contributed by atoms with van der Waals surface area (Å²) in [5, 5.41) is 0.673. The summed E-state index contributed by atoms with van der Waals surface area (Å²) in [6.45, 7) is 0.348. The molecule has 1 aliphatic heterocycles. The molecule has 0 amide bonds. The number of benzene rings is 2. The van der Waals surface area contributed by atoms with Crippen molar-refractivity contribution in [2.45, 2.75) is 51.0 Å². The summed E-state index contributed by atoms with van der Waals surface area (Å²) in [6.07, 6.45) is 4.41. The number of methoxy groups -OCH3 is 1. The number of hydrogen-bond acceptors (Lipinski definition) is 5. The summed E-state index contributed by atoms with van der Waals surface area (Å²) in [6, 6.07) is 11.4. The molecule has 0 unspecified atom stereocenters. The molecule has 0 atom stereocenters. The topological polar surface area (TPSA) is 55.8 Å². The van der Waals surface area contributed by atoms with E-state index in [1.807, 2.05) is 43.4 Å². The Morgan fingerprint density at radius 3 is 2.14 bits per heavy atom. The van der Waals surface area contributed by atoms with Crippen LogP contribution in [0.3, 0.4) is 0 Å². The molecule has 182 valence electrons. The average Bonchev–Trinajstić information content (AvgIpc) is 2.85. The Balaban J connectivity index is 1.57. The molecular weight excluding hydrogens is 530 g/mol. The maximum Gasteiger partial charge on any atom is 0.175 e. The van der Waals surface area contributed by atoms with Gasteiger partial charge in [-0.25, -0.2) is 0 Å². The first-order valence-corrected chi connectivity index (χ1v) is 13.1. The van der Waals surface area contributed by atoms with Gasteiger partial charge in [0.1, 0.15) is 6.61 Å². The van der Waals surface area contributed by atoms with E-state index >= 15 is 0 Å². The maximum atomic E-state index is 13.2. The van der Waals surface area contributed by atoms with Crippen LogP contribution in [0.1, 0.15) is 55.6 Å². The van der Waals surface area contributed by atoms with Crippen molar-refractivity contribution in [3.8, 4) is 11.5 Å². The minimum absolute atomic E-state index is 0.131. The largest absolute Gasteiger partial charge is 0.493 e. The Labute approximate surface area is 218 Å². The van der Waals surface area contributed by atoms with Gasteiger partial charge in [-0.05, 0) is 77.0 Å². The van der Waals surface area contributed by atoms with E-state index in [4.69, 9.17) is 21.1 Å². The lowest BCUT2D eigenvalue weighted by Gasteiger charge is -2.42. The van der Waals surface area contributed by atoms with Gasteiger partial charge in [0.15, 0.2) is 23.1 Å². The fourth-order valence-electron chi connectivity index (χ4n) is 5.47. The van der Waals surface area contributed by atoms with Crippen LogP contribution in [0.25, 0.3) is 0 Å². The number of rotatable bonds is 5. The highest BCUT2D eigenvalue weighted by Crippen LogP contribution is 2.50. The molecule has 0 N–H and O–H groups in total. The van der Waals surface area contributed by atoms with Crippen molar-refractivity contribution in [1.29, 1.82) is 0 Å². The minimum atomic E-state index is -0.382. The fourth-order valence-corrected chi connectivity index (χ4v) is 6.17. The third-order valence-corrected chi connectivity index (χ3v) is 7.97. The van der Waals surface area contributed by atoms with Crippen LogP contribution >= 0.6 is 27.5 Å². The first kappa shape index (κ1) is 24.1. The number of Topliss-reactive ketones (excluding diaryl/α,β-unsaturated/α-hetero) is 2. The van der Waals surface area contributed by atoms with Crippen molar-refractivity contribution in [3.05, 3.63) is 79.6 Å². The van der Waals surface area contributed by atoms with Crippen molar-refractivity contribution in [1.82, 2.24) is 4.90 Å². The molecule has 5 nitrogen and oxygen atoms in total. The van der Waals surface area contributed by atoms with E-state index < -0.39 is 0 Å². The van der Waals surface area contributed by atoms with Gasteiger partial charge in [-0.2, -0.15) is 0 Å². The first-order valence-electron chi connectivity index (χ1n) is 11.9. The fraction of sp³-hybridized carbons (Fsp3) is 0.357. The lowest BCUT2D eigenvalue weighted by Crippen LogP contribution is -2.37. The summed E-state index contributed by atoms with van der Waals surface area (Å²) >= 11 is 9.66. The van der Waals surface area contributed by atoms with Crippen molar-refractivity contribution in [3.63, 3.8) is 0 Å². The summed E-state index contributed by atoms with van der Waals surface area (Å²) in [5.41, 5.74) is 5.47. The molecule has 0 saturated heterocycles. The maximum absolute atomic E-state index is 13.2. The van der Waals surface area contributed by atoms with Crippen LogP contribution in [0.4, 0.5) is 0 Å². The molecule has 0 spiro atoms. The smallest absolute Gasteiger partial charge is 0.175 e. The standard InChI is InChI=1S/C28H27BrClNO4/c1-31-20-5-3-7-22(32)26(20)25(27-21(31)6-4-8-23(27)33)17-13-19(29)28(24(14-17)34-2)35-15-16-9-11-18(30)12-10-16/h9-14,25H,3-8,15H2,1-2H3. The second-order valence-electron chi connectivity index (χ2n) is 9.22. The Hall–Kier alpha value is -2.57. The molecule has 2 aromatic carbocycles. The van der Waals surface area contributed by atoms with E-state index in [1.54, 1.807) is 7.11 Å². The van der Waals surface area contributed by atoms with Gasteiger partial charge < -0.3 is 14.4 Å². The summed E-state index contributed by atoms with van der Waals surface area (Å²) in [4.78, 5) is 28.6. The Bertz CT molecular complexity index is 1220. The van der Waals surface area contributed by atoms with Gasteiger partial charge in [0.2, 0.25) is 0 Å². The lowest BCUT2D eigenvalue weighted by atomic mass is 9.71. The monoisotopic (exact) mass is 555 g/mol. The van der Waals surface area contributed by atoms with Crippen molar-refractivity contribution in [2.75, 3.05) is 14.2 Å². The van der Waals surface area contributed by atoms with E-state index in [0.717, 1.165) is 63.8 Å². The van der Waals surface area contributed by atoms with Gasteiger partial charge in [0.25, 0.3) is 0 Å². The highest BCUT2D eigenvalue weighted by Gasteiger charge is 2.42. The Morgan fingerprint density at radius 1 is 0.971 bits per heavy atom. The summed E-state index contributed by atoms with van der Waals surface area (Å²) < 4.78 is 12.6. The molecule has 0 saturated carbocycles. The number of nitrogens with zero attached hydrogens (tertiary/aromatic N) is 1. The number of carbonyl (C=O) groups excluding carboxylic acids is 2. The van der Waals surface area contributed by atoms with E-state index in [1.165, 1.54) is 0 Å². The molecule has 5 rings (SSSR count). The van der Waals surface area contributed by atoms with Crippen LogP contribution in [0, 0.1) is 0 Å². The van der Waals surface area contributed by atoms with Gasteiger partial charge in [0, 0.05) is 53.4 Å². The molecule has 7 heteroatoms. The van der Waals surface area contributed by atoms with Crippen molar-refractivity contribution >= 4 is 39.1 Å². The van der Waals surface area contributed by atoms with E-state index in [9.17, 15) is 9.59 Å².